The average Bonchev–Trinajstić information content (AvgIpc) is 2.05. The minimum absolute atomic E-state index is 0.827. The molecule has 70 valence electrons. The van der Waals surface area contributed by atoms with Gasteiger partial charge < -0.3 is 9.80 Å². The van der Waals surface area contributed by atoms with Crippen LogP contribution in [0.4, 0.5) is 0 Å². The van der Waals surface area contributed by atoms with Crippen LogP contribution in [0.2, 0.25) is 0 Å². The summed E-state index contributed by atoms with van der Waals surface area (Å²) in [5.41, 5.74) is 0. The first-order valence-corrected chi connectivity index (χ1v) is 4.25. The monoisotopic (exact) mass is 170 g/mol. The van der Waals surface area contributed by atoms with Crippen LogP contribution in [0.5, 0.6) is 0 Å². The van der Waals surface area contributed by atoms with Crippen LogP contribution in [0, 0.1) is 0 Å². The predicted octanol–water partition coefficient (Wildman–Crippen LogP) is 0.930. The highest BCUT2D eigenvalue weighted by molar-refractivity contribution is 5.65. The van der Waals surface area contributed by atoms with Crippen molar-refractivity contribution < 1.29 is 4.79 Å². The number of nitrogens with zero attached hydrogens (tertiary/aromatic N) is 2. The molecule has 0 atom stereocenters. The lowest BCUT2D eigenvalue weighted by Crippen LogP contribution is -2.31. The molecule has 0 aliphatic heterocycles. The van der Waals surface area contributed by atoms with Crippen molar-refractivity contribution in [3.63, 3.8) is 0 Å². The van der Waals surface area contributed by atoms with Crippen molar-refractivity contribution in [3.8, 4) is 0 Å². The van der Waals surface area contributed by atoms with Crippen LogP contribution in [0.1, 0.15) is 13.8 Å². The Labute approximate surface area is 74.7 Å². The van der Waals surface area contributed by atoms with Crippen molar-refractivity contribution in [2.24, 2.45) is 0 Å². The SMILES string of the molecule is CCN(CC)/C(=C/C=O)N(C)C. The molecule has 12 heavy (non-hydrogen) atoms. The molecule has 0 saturated heterocycles. The van der Waals surface area contributed by atoms with E-state index in [1.54, 1.807) is 6.08 Å². The van der Waals surface area contributed by atoms with Crippen LogP contribution in [0.15, 0.2) is 11.9 Å². The fraction of sp³-hybridized carbons (Fsp3) is 0.667. The molecule has 0 rings (SSSR count). The Bertz CT molecular complexity index is 160. The van der Waals surface area contributed by atoms with Crippen molar-refractivity contribution in [2.75, 3.05) is 27.2 Å². The molecule has 0 radical (unpaired) electrons. The van der Waals surface area contributed by atoms with Crippen molar-refractivity contribution in [1.29, 1.82) is 0 Å². The molecule has 0 fully saturated rings. The lowest BCUT2D eigenvalue weighted by atomic mass is 10.4. The van der Waals surface area contributed by atoms with Gasteiger partial charge in [-0.15, -0.1) is 0 Å². The molecule has 3 heteroatoms. The Morgan fingerprint density at radius 2 is 1.75 bits per heavy atom. The van der Waals surface area contributed by atoms with Crippen LogP contribution in [0.25, 0.3) is 0 Å². The summed E-state index contributed by atoms with van der Waals surface area (Å²) in [6, 6.07) is 0. The van der Waals surface area contributed by atoms with Crippen molar-refractivity contribution >= 4 is 6.29 Å². The Hall–Kier alpha value is -0.990. The molecule has 0 aliphatic carbocycles. The normalized spacial score (nSPS) is 11.2. The first-order valence-electron chi connectivity index (χ1n) is 4.25. The zero-order chi connectivity index (χ0) is 9.56. The second-order valence-corrected chi connectivity index (χ2v) is 2.73. The summed E-state index contributed by atoms with van der Waals surface area (Å²) < 4.78 is 0. The topological polar surface area (TPSA) is 23.6 Å². The number of carbonyl (C=O) groups is 1. The summed E-state index contributed by atoms with van der Waals surface area (Å²) in [6.07, 6.45) is 2.42. The van der Waals surface area contributed by atoms with Gasteiger partial charge in [0, 0.05) is 33.3 Å². The predicted molar refractivity (Wildman–Crippen MR) is 50.8 cm³/mol. The van der Waals surface area contributed by atoms with E-state index in [1.165, 1.54) is 0 Å². The second kappa shape index (κ2) is 5.63. The van der Waals surface area contributed by atoms with E-state index in [0.29, 0.717) is 0 Å². The summed E-state index contributed by atoms with van der Waals surface area (Å²) in [4.78, 5) is 14.4. The zero-order valence-corrected chi connectivity index (χ0v) is 8.37. The van der Waals surface area contributed by atoms with Gasteiger partial charge in [0.15, 0.2) is 0 Å². The van der Waals surface area contributed by atoms with Gasteiger partial charge in [-0.3, -0.25) is 4.79 Å². The summed E-state index contributed by atoms with van der Waals surface area (Å²) in [5, 5.41) is 0. The van der Waals surface area contributed by atoms with E-state index in [0.717, 1.165) is 25.2 Å². The largest absolute Gasteiger partial charge is 0.364 e. The van der Waals surface area contributed by atoms with Crippen LogP contribution < -0.4 is 0 Å². The van der Waals surface area contributed by atoms with Gasteiger partial charge in [0.2, 0.25) is 0 Å². The smallest absolute Gasteiger partial charge is 0.146 e. The van der Waals surface area contributed by atoms with Gasteiger partial charge in [0.1, 0.15) is 12.1 Å². The molecule has 0 aromatic carbocycles. The maximum atomic E-state index is 10.3. The average molecular weight is 170 g/mol. The third-order valence-corrected chi connectivity index (χ3v) is 1.76. The molecule has 0 saturated carbocycles. The third kappa shape index (κ3) is 2.95. The van der Waals surface area contributed by atoms with Gasteiger partial charge in [0.05, 0.1) is 0 Å². The van der Waals surface area contributed by atoms with Crippen LogP contribution in [-0.4, -0.2) is 43.3 Å². The van der Waals surface area contributed by atoms with Crippen LogP contribution in [0.3, 0.4) is 0 Å². The minimum atomic E-state index is 0.827. The second-order valence-electron chi connectivity index (χ2n) is 2.73. The first kappa shape index (κ1) is 11.0. The van der Waals surface area contributed by atoms with E-state index in [1.807, 2.05) is 19.0 Å². The standard InChI is InChI=1S/C9H18N2O/c1-5-11(6-2)9(7-8-12)10(3)4/h7-8H,5-6H2,1-4H3/b9-7+. The molecule has 0 heterocycles. The Kier molecular flexibility index (Phi) is 5.17. The molecule has 0 bridgehead atoms. The molecule has 0 aromatic rings. The van der Waals surface area contributed by atoms with E-state index in [-0.39, 0.29) is 0 Å². The van der Waals surface area contributed by atoms with Crippen LogP contribution in [-0.2, 0) is 4.79 Å². The summed E-state index contributed by atoms with van der Waals surface area (Å²) in [7, 11) is 3.88. The highest BCUT2D eigenvalue weighted by Gasteiger charge is 2.05. The molecular weight excluding hydrogens is 152 g/mol. The van der Waals surface area contributed by atoms with Gasteiger partial charge in [-0.05, 0) is 13.8 Å². The van der Waals surface area contributed by atoms with E-state index < -0.39 is 0 Å². The maximum Gasteiger partial charge on any atom is 0.146 e. The Morgan fingerprint density at radius 3 is 2.00 bits per heavy atom. The highest BCUT2D eigenvalue weighted by Crippen LogP contribution is 2.04. The Morgan fingerprint density at radius 1 is 1.25 bits per heavy atom. The maximum absolute atomic E-state index is 10.3. The molecule has 0 amide bonds. The molecular formula is C9H18N2O. The molecule has 0 N–H and O–H groups in total. The summed E-state index contributed by atoms with van der Waals surface area (Å²) >= 11 is 0. The number of rotatable bonds is 5. The molecule has 0 aromatic heterocycles. The van der Waals surface area contributed by atoms with Crippen molar-refractivity contribution in [3.05, 3.63) is 11.9 Å². The molecule has 3 nitrogen and oxygen atoms in total. The van der Waals surface area contributed by atoms with Gasteiger partial charge in [-0.1, -0.05) is 0 Å². The van der Waals surface area contributed by atoms with Crippen molar-refractivity contribution in [1.82, 2.24) is 9.80 Å². The number of hydrogen-bond acceptors (Lipinski definition) is 3. The van der Waals surface area contributed by atoms with Crippen LogP contribution >= 0.6 is 0 Å². The number of hydrogen-bond donors (Lipinski definition) is 0. The third-order valence-electron chi connectivity index (χ3n) is 1.76. The number of allylic oxidation sites excluding steroid dienone is 1. The van der Waals surface area contributed by atoms with E-state index in [9.17, 15) is 4.79 Å². The van der Waals surface area contributed by atoms with E-state index in [2.05, 4.69) is 18.7 Å². The summed E-state index contributed by atoms with van der Waals surface area (Å²) in [6.45, 7) is 6.00. The molecule has 0 unspecified atom stereocenters. The quantitative estimate of drug-likeness (QED) is 0.453. The van der Waals surface area contributed by atoms with E-state index >= 15 is 0 Å². The zero-order valence-electron chi connectivity index (χ0n) is 8.37. The number of aldehydes is 1. The van der Waals surface area contributed by atoms with Gasteiger partial charge in [-0.2, -0.15) is 0 Å². The molecule has 0 aliphatic rings. The fourth-order valence-electron chi connectivity index (χ4n) is 1.15. The van der Waals surface area contributed by atoms with E-state index in [4.69, 9.17) is 0 Å². The van der Waals surface area contributed by atoms with Crippen molar-refractivity contribution in [2.45, 2.75) is 13.8 Å². The lowest BCUT2D eigenvalue weighted by Gasteiger charge is -2.29. The van der Waals surface area contributed by atoms with Gasteiger partial charge >= 0.3 is 0 Å². The highest BCUT2D eigenvalue weighted by atomic mass is 16.1. The minimum Gasteiger partial charge on any atom is -0.364 e. The summed E-state index contributed by atoms with van der Waals surface area (Å²) in [5.74, 6) is 0.968. The fourth-order valence-corrected chi connectivity index (χ4v) is 1.15. The van der Waals surface area contributed by atoms with Gasteiger partial charge in [-0.25, -0.2) is 0 Å². The molecule has 0 spiro atoms. The Balaban J connectivity index is 4.47. The number of carbonyl (C=O) groups excluding carboxylic acids is 1. The first-order chi connectivity index (χ1) is 5.67. The van der Waals surface area contributed by atoms with Gasteiger partial charge in [0.25, 0.3) is 0 Å². The lowest BCUT2D eigenvalue weighted by molar-refractivity contribution is -0.104.